The number of benzene rings is 1. The number of nitrogens with one attached hydrogen (secondary N) is 4. The Morgan fingerprint density at radius 2 is 2.29 bits per heavy atom. The molecule has 1 aromatic carbocycles. The van der Waals surface area contributed by atoms with Crippen molar-refractivity contribution in [1.82, 2.24) is 24.6 Å². The van der Waals surface area contributed by atoms with E-state index in [2.05, 4.69) is 25.3 Å². The first-order chi connectivity index (χ1) is 16.6. The molecule has 5 N–H and O–H groups in total. The number of hydrogen-bond acceptors (Lipinski definition) is 8. The predicted octanol–water partition coefficient (Wildman–Crippen LogP) is 2.33. The summed E-state index contributed by atoms with van der Waals surface area (Å²) in [6.07, 6.45) is 10.5. The Hall–Kier alpha value is -3.86. The first-order valence-corrected chi connectivity index (χ1v) is 11.7. The lowest BCUT2D eigenvalue weighted by atomic mass is 9.86. The molecular formula is C23H24N6O4S. The number of carbonyl (C=O) groups is 2. The number of ether oxygens (including phenoxy) is 1. The number of carboxylic acid groups (broad SMARTS) is 1. The van der Waals surface area contributed by atoms with Crippen LogP contribution in [0.15, 0.2) is 65.2 Å². The number of aliphatic carboxylic acids is 1. The van der Waals surface area contributed by atoms with E-state index in [1.165, 1.54) is 12.1 Å². The second-order valence-corrected chi connectivity index (χ2v) is 8.81. The minimum atomic E-state index is -0.847. The number of fused-ring (bicyclic) bond motifs is 2. The molecule has 1 atom stereocenters. The van der Waals surface area contributed by atoms with Crippen LogP contribution in [-0.2, 0) is 9.59 Å². The Labute approximate surface area is 200 Å². The van der Waals surface area contributed by atoms with Gasteiger partial charge in [0.05, 0.1) is 37.4 Å². The van der Waals surface area contributed by atoms with Gasteiger partial charge in [0.15, 0.2) is 5.96 Å². The van der Waals surface area contributed by atoms with Gasteiger partial charge in [-0.15, -0.1) is 0 Å². The number of H-pyrrole nitrogens is 1. The van der Waals surface area contributed by atoms with Crippen molar-refractivity contribution in [1.29, 1.82) is 0 Å². The van der Waals surface area contributed by atoms with E-state index in [1.54, 1.807) is 0 Å². The Kier molecular flexibility index (Phi) is 6.17. The average molecular weight is 481 g/mol. The number of carboxylic acids is 1. The molecule has 0 aliphatic carbocycles. The zero-order valence-corrected chi connectivity index (χ0v) is 19.0. The number of aliphatic imine (C=N–C) groups is 1. The Morgan fingerprint density at radius 1 is 1.38 bits per heavy atom. The van der Waals surface area contributed by atoms with Crippen LogP contribution in [0.1, 0.15) is 24.3 Å². The van der Waals surface area contributed by atoms with E-state index in [1.807, 2.05) is 53.3 Å². The molecule has 0 saturated heterocycles. The first-order valence-electron chi connectivity index (χ1n) is 10.9. The zero-order chi connectivity index (χ0) is 23.5. The van der Waals surface area contributed by atoms with E-state index in [4.69, 9.17) is 4.74 Å². The van der Waals surface area contributed by atoms with Gasteiger partial charge in [0.1, 0.15) is 5.75 Å². The smallest absolute Gasteiger partial charge is 0.304 e. The molecule has 3 aliphatic heterocycles. The topological polar surface area (TPSA) is 131 Å². The van der Waals surface area contributed by atoms with Crippen LogP contribution in [0.5, 0.6) is 5.75 Å². The van der Waals surface area contributed by atoms with Gasteiger partial charge in [-0.05, 0) is 41.8 Å². The van der Waals surface area contributed by atoms with E-state index < -0.39 is 5.97 Å². The van der Waals surface area contributed by atoms with Crippen molar-refractivity contribution in [2.45, 2.75) is 18.8 Å². The second-order valence-electron chi connectivity index (χ2n) is 8.00. The molecule has 0 saturated carbocycles. The van der Waals surface area contributed by atoms with Crippen molar-refractivity contribution < 1.29 is 19.4 Å². The Bertz CT molecular complexity index is 1250. The maximum atomic E-state index is 11.7. The van der Waals surface area contributed by atoms with Crippen LogP contribution < -0.4 is 20.1 Å². The zero-order valence-electron chi connectivity index (χ0n) is 18.2. The number of amides is 1. The minimum Gasteiger partial charge on any atom is -0.493 e. The third-order valence-corrected chi connectivity index (χ3v) is 6.45. The van der Waals surface area contributed by atoms with E-state index in [-0.39, 0.29) is 24.8 Å². The normalized spacial score (nSPS) is 17.5. The van der Waals surface area contributed by atoms with Crippen molar-refractivity contribution in [2.75, 3.05) is 19.7 Å². The quantitative estimate of drug-likeness (QED) is 0.271. The summed E-state index contributed by atoms with van der Waals surface area (Å²) in [5, 5.41) is 16.5. The summed E-state index contributed by atoms with van der Waals surface area (Å²) in [7, 11) is 0. The van der Waals surface area contributed by atoms with E-state index in [0.717, 1.165) is 39.9 Å². The van der Waals surface area contributed by atoms with Gasteiger partial charge in [0.25, 0.3) is 5.91 Å². The molecule has 0 bridgehead atoms. The molecule has 2 aromatic rings. The maximum absolute atomic E-state index is 11.7. The molecule has 5 rings (SSSR count). The van der Waals surface area contributed by atoms with Gasteiger partial charge in [-0.3, -0.25) is 13.9 Å². The van der Waals surface area contributed by atoms with Gasteiger partial charge < -0.3 is 30.2 Å². The lowest BCUT2D eigenvalue weighted by Crippen LogP contribution is -2.34. The fourth-order valence-corrected chi connectivity index (χ4v) is 4.71. The van der Waals surface area contributed by atoms with Crippen LogP contribution in [0.25, 0.3) is 10.9 Å². The molecule has 0 spiro atoms. The van der Waals surface area contributed by atoms with Crippen molar-refractivity contribution in [3.63, 3.8) is 0 Å². The van der Waals surface area contributed by atoms with Crippen molar-refractivity contribution in [3.8, 4) is 5.75 Å². The lowest BCUT2D eigenvalue weighted by molar-refractivity contribution is -0.137. The number of guanidine groups is 1. The maximum Gasteiger partial charge on any atom is 0.304 e. The molecule has 11 heteroatoms. The summed E-state index contributed by atoms with van der Waals surface area (Å²) >= 11 is 1.47. The highest BCUT2D eigenvalue weighted by Gasteiger charge is 2.26. The number of hydrogen-bond donors (Lipinski definition) is 5. The van der Waals surface area contributed by atoms with Gasteiger partial charge in [-0.1, -0.05) is 0 Å². The Morgan fingerprint density at radius 3 is 3.12 bits per heavy atom. The summed E-state index contributed by atoms with van der Waals surface area (Å²) in [6.45, 7) is 1.38. The van der Waals surface area contributed by atoms with Crippen LogP contribution in [0, 0.1) is 0 Å². The molecule has 1 aromatic heterocycles. The lowest BCUT2D eigenvalue weighted by Gasteiger charge is -2.22. The average Bonchev–Trinajstić information content (AvgIpc) is 3.56. The van der Waals surface area contributed by atoms with E-state index in [0.29, 0.717) is 19.1 Å². The third kappa shape index (κ3) is 4.74. The minimum absolute atomic E-state index is 0.00598. The monoisotopic (exact) mass is 480 g/mol. The highest BCUT2D eigenvalue weighted by Crippen LogP contribution is 2.39. The molecule has 34 heavy (non-hydrogen) atoms. The number of allylic oxidation sites excluding steroid dienone is 3. The number of rotatable bonds is 9. The first kappa shape index (κ1) is 22.0. The van der Waals surface area contributed by atoms with Crippen molar-refractivity contribution >= 4 is 40.9 Å². The standard InChI is InChI=1S/C23H24N6O4S/c30-21-13-26-23(28-21)24-5-1-7-33-16-2-3-17-19(12-25-20(17)9-16)18(10-22(31)32)14-4-6-29-15(8-14)11-27-34-29/h2-4,6,8-9,11-12,18,25,27H,1,5,7,10,13H2,(H,31,32)(H2,24,26,28,30). The number of nitrogens with zero attached hydrogens (tertiary/aromatic N) is 2. The fraction of sp³-hybridized carbons (Fsp3) is 0.261. The highest BCUT2D eigenvalue weighted by molar-refractivity contribution is 7.95. The molecule has 1 amide bonds. The van der Waals surface area contributed by atoms with E-state index >= 15 is 0 Å². The molecule has 3 aliphatic rings. The van der Waals surface area contributed by atoms with Gasteiger partial charge in [-0.2, -0.15) is 4.99 Å². The predicted molar refractivity (Wildman–Crippen MR) is 130 cm³/mol. The van der Waals surface area contributed by atoms with Crippen molar-refractivity contribution in [2.24, 2.45) is 4.99 Å². The van der Waals surface area contributed by atoms with Gasteiger partial charge in [0, 0.05) is 48.0 Å². The molecule has 10 nitrogen and oxygen atoms in total. The Balaban J connectivity index is 1.26. The summed E-state index contributed by atoms with van der Waals surface area (Å²) in [5.74, 6) is -0.0639. The molecule has 1 unspecified atom stereocenters. The molecule has 176 valence electrons. The molecule has 0 fully saturated rings. The fourth-order valence-electron chi connectivity index (χ4n) is 4.09. The number of aromatic nitrogens is 1. The van der Waals surface area contributed by atoms with Gasteiger partial charge >= 0.3 is 5.97 Å². The highest BCUT2D eigenvalue weighted by atomic mass is 32.2. The van der Waals surface area contributed by atoms with E-state index in [9.17, 15) is 14.7 Å². The van der Waals surface area contributed by atoms with Crippen LogP contribution in [-0.4, -0.2) is 51.9 Å². The van der Waals surface area contributed by atoms with Crippen LogP contribution >= 0.6 is 12.1 Å². The number of carbonyl (C=O) groups excluding carboxylic acids is 1. The van der Waals surface area contributed by atoms with Crippen LogP contribution in [0.3, 0.4) is 0 Å². The largest absolute Gasteiger partial charge is 0.493 e. The van der Waals surface area contributed by atoms with Gasteiger partial charge in [-0.25, -0.2) is 0 Å². The summed E-state index contributed by atoms with van der Waals surface area (Å²) in [6, 6.07) is 5.80. The second kappa shape index (κ2) is 9.56. The summed E-state index contributed by atoms with van der Waals surface area (Å²) in [5.41, 5.74) is 3.77. The molecule has 4 heterocycles. The van der Waals surface area contributed by atoms with Gasteiger partial charge in [0.2, 0.25) is 0 Å². The summed E-state index contributed by atoms with van der Waals surface area (Å²) in [4.78, 5) is 29.9. The SMILES string of the molecule is O=C(O)CC(C1=CC2=CNSN2C=C1)c1c[nH]c2cc(OCCCNC3=NC(=O)CN3)ccc12. The van der Waals surface area contributed by atoms with Crippen LogP contribution in [0.2, 0.25) is 0 Å². The molecule has 0 radical (unpaired) electrons. The molecular weight excluding hydrogens is 456 g/mol. The third-order valence-electron chi connectivity index (χ3n) is 5.70. The van der Waals surface area contributed by atoms with Crippen LogP contribution in [0.4, 0.5) is 0 Å². The van der Waals surface area contributed by atoms with Crippen molar-refractivity contribution in [3.05, 3.63) is 65.8 Å². The number of aromatic amines is 1. The summed E-state index contributed by atoms with van der Waals surface area (Å²) < 4.78 is 11.0.